The lowest BCUT2D eigenvalue weighted by Crippen LogP contribution is -2.21. The average molecular weight is 599 g/mol. The Morgan fingerprint density at radius 1 is 1.18 bits per heavy atom. The van der Waals surface area contributed by atoms with Crippen LogP contribution < -0.4 is 15.4 Å². The molecule has 0 atom stereocenters. The fourth-order valence-electron chi connectivity index (χ4n) is 3.15. The highest BCUT2D eigenvalue weighted by Gasteiger charge is 2.11. The van der Waals surface area contributed by atoms with Gasteiger partial charge in [0, 0.05) is 38.9 Å². The Hall–Kier alpha value is -3.99. The lowest BCUT2D eigenvalue weighted by Gasteiger charge is -2.12. The van der Waals surface area contributed by atoms with E-state index >= 15 is 0 Å². The molecule has 0 fully saturated rings. The molecular formula is C29H26ClFN4O4S. The molecule has 2 aromatic heterocycles. The highest BCUT2D eigenvalue weighted by atomic mass is 35.5. The molecule has 40 heavy (non-hydrogen) atoms. The van der Waals surface area contributed by atoms with E-state index in [1.54, 1.807) is 5.32 Å². The van der Waals surface area contributed by atoms with Crippen molar-refractivity contribution in [2.75, 3.05) is 23.7 Å². The Balaban J connectivity index is 1.48. The van der Waals surface area contributed by atoms with Gasteiger partial charge in [0.25, 0.3) is 0 Å². The number of halogens is 2. The third kappa shape index (κ3) is 7.15. The standard InChI is InChI=1S/C29H26ClFN4O4S/c1-40(36,37)12-11-32-16-23-7-10-27(39-23)20-5-8-26-24(14-20)29(34-18-33-26)35-22-6-9-28(25(30)15-22)38-17-19-3-2-4-21(31)13-19/h2-10,13-15,18,32H,11-12,16-17H2,1H3,(H,33,34,35)/i1D3,2D,3D,4D,6D,9D,11D2,12D2,13D,15D,16D2,17D2. The number of nitrogens with one attached hydrogen (secondary N) is 2. The average Bonchev–Trinajstić information content (AvgIpc) is 3.63. The van der Waals surface area contributed by atoms with E-state index in [0.717, 1.165) is 12.4 Å². The van der Waals surface area contributed by atoms with E-state index in [2.05, 4.69) is 15.3 Å². The van der Waals surface area contributed by atoms with Crippen LogP contribution in [-0.2, 0) is 22.9 Å². The molecule has 0 amide bonds. The maximum absolute atomic E-state index is 14.5. The van der Waals surface area contributed by atoms with Gasteiger partial charge in [-0.15, -0.1) is 0 Å². The molecule has 0 radical (unpaired) electrons. The number of aromatic nitrogens is 2. The molecule has 3 aromatic carbocycles. The summed E-state index contributed by atoms with van der Waals surface area (Å²) in [6, 6.07) is -0.396. The molecule has 0 unspecified atom stereocenters. The van der Waals surface area contributed by atoms with Crippen molar-refractivity contribution < 1.29 is 46.6 Å². The first-order valence-electron chi connectivity index (χ1n) is 19.8. The van der Waals surface area contributed by atoms with Gasteiger partial charge in [-0.3, -0.25) is 0 Å². The third-order valence-corrected chi connectivity index (χ3v) is 5.42. The number of benzene rings is 3. The molecule has 8 nitrogen and oxygen atoms in total. The summed E-state index contributed by atoms with van der Waals surface area (Å²) in [5.74, 6) is -3.40. The zero-order chi connectivity index (χ0) is 43.9. The van der Waals surface area contributed by atoms with Crippen LogP contribution in [-0.4, -0.2) is 36.8 Å². The summed E-state index contributed by atoms with van der Waals surface area (Å²) in [5, 5.41) is 3.67. The number of sulfone groups is 1. The second-order valence-corrected chi connectivity index (χ2v) is 9.10. The van der Waals surface area contributed by atoms with Gasteiger partial charge < -0.3 is 19.8 Å². The fourth-order valence-corrected chi connectivity index (χ4v) is 3.52. The zero-order valence-electron chi connectivity index (χ0n) is 37.7. The summed E-state index contributed by atoms with van der Waals surface area (Å²) < 4.78 is 193. The van der Waals surface area contributed by atoms with Gasteiger partial charge in [-0.2, -0.15) is 0 Å². The number of hydrogen-bond donors (Lipinski definition) is 2. The van der Waals surface area contributed by atoms with E-state index in [9.17, 15) is 12.8 Å². The topological polar surface area (TPSA) is 106 Å². The van der Waals surface area contributed by atoms with Crippen LogP contribution in [0.4, 0.5) is 15.9 Å². The number of ether oxygens (including phenoxy) is 1. The Morgan fingerprint density at radius 2 is 2.08 bits per heavy atom. The van der Waals surface area contributed by atoms with Crippen molar-refractivity contribution in [3.63, 3.8) is 0 Å². The van der Waals surface area contributed by atoms with Crippen molar-refractivity contribution in [3.8, 4) is 17.1 Å². The summed E-state index contributed by atoms with van der Waals surface area (Å²) in [5.41, 5.74) is -5.28. The van der Waals surface area contributed by atoms with Crippen molar-refractivity contribution in [1.82, 2.24) is 15.3 Å². The third-order valence-electron chi connectivity index (χ3n) is 4.79. The van der Waals surface area contributed by atoms with Crippen LogP contribution in [0, 0.1) is 5.82 Å². The normalized spacial score (nSPS) is 19.9. The number of rotatable bonds is 11. The number of hydrogen-bond acceptors (Lipinski definition) is 8. The van der Waals surface area contributed by atoms with E-state index in [4.69, 9.17) is 45.4 Å². The molecule has 5 rings (SSSR count). The molecule has 0 aliphatic rings. The van der Waals surface area contributed by atoms with Gasteiger partial charge in [0.15, 0.2) is 0 Å². The van der Waals surface area contributed by atoms with Crippen molar-refractivity contribution in [1.29, 1.82) is 0 Å². The molecule has 5 aromatic rings. The van der Waals surface area contributed by atoms with Gasteiger partial charge in [-0.05, 0) is 66.1 Å². The molecule has 0 bridgehead atoms. The quantitative estimate of drug-likeness (QED) is 0.187. The number of fused-ring (bicyclic) bond motifs is 1. The maximum atomic E-state index is 14.5. The molecule has 206 valence electrons. The van der Waals surface area contributed by atoms with E-state index in [1.807, 2.05) is 0 Å². The van der Waals surface area contributed by atoms with Gasteiger partial charge in [0.2, 0.25) is 0 Å². The lowest BCUT2D eigenvalue weighted by molar-refractivity contribution is 0.306. The minimum Gasteiger partial charge on any atom is -0.487 e. The highest BCUT2D eigenvalue weighted by Crippen LogP contribution is 2.32. The molecule has 0 aliphatic heterocycles. The number of nitrogens with zero attached hydrogens (tertiary/aromatic N) is 2. The molecule has 2 N–H and O–H groups in total. The second-order valence-electron chi connectivity index (χ2n) is 7.51. The molecular weight excluding hydrogens is 555 g/mol. The van der Waals surface area contributed by atoms with Gasteiger partial charge >= 0.3 is 0 Å². The van der Waals surface area contributed by atoms with E-state index in [0.29, 0.717) is 0 Å². The summed E-state index contributed by atoms with van der Waals surface area (Å²) in [6.07, 6.45) is -2.88. The first-order chi connectivity index (χ1) is 26.4. The highest BCUT2D eigenvalue weighted by molar-refractivity contribution is 7.90. The summed E-state index contributed by atoms with van der Waals surface area (Å²) in [7, 11) is -5.83. The largest absolute Gasteiger partial charge is 0.487 e. The second kappa shape index (κ2) is 12.0. The molecule has 0 saturated heterocycles. The molecule has 0 aliphatic carbocycles. The Labute approximate surface area is 261 Å². The monoisotopic (exact) mass is 598 g/mol. The summed E-state index contributed by atoms with van der Waals surface area (Å²) in [4.78, 5) is 8.27. The van der Waals surface area contributed by atoms with Crippen LogP contribution in [0.2, 0.25) is 5.02 Å². The minimum absolute atomic E-state index is 0.0906. The predicted molar refractivity (Wildman–Crippen MR) is 154 cm³/mol. The Morgan fingerprint density at radius 3 is 2.95 bits per heavy atom. The van der Waals surface area contributed by atoms with Gasteiger partial charge in [0.05, 0.1) is 37.8 Å². The van der Waals surface area contributed by atoms with Gasteiger partial charge in [-0.25, -0.2) is 22.8 Å². The van der Waals surface area contributed by atoms with Crippen LogP contribution in [0.1, 0.15) is 36.0 Å². The van der Waals surface area contributed by atoms with Gasteiger partial charge in [-0.1, -0.05) is 23.7 Å². The SMILES string of the molecule is [2H]c1c([2H])c(F)c([2H])c(C([2H])([2H])Oc2c([2H])c([2H])c(Nc3ncnc4ccc(-c5ccc(C([2H])([2H])NC([2H])([2H])C([2H])([2H])S(=O)(=O)C([2H])([2H])[2H])o5)cc34)c([2H])c2Cl)c1[2H]. The minimum atomic E-state index is -5.83. The molecule has 0 saturated carbocycles. The Kier molecular flexibility index (Phi) is 3.95. The Bertz CT molecular complexity index is 2530. The lowest BCUT2D eigenvalue weighted by atomic mass is 10.1. The van der Waals surface area contributed by atoms with E-state index in [1.165, 1.54) is 24.3 Å². The maximum Gasteiger partial charge on any atom is 0.148 e. The fraction of sp³-hybridized carbons (Fsp3) is 0.172. The summed E-state index contributed by atoms with van der Waals surface area (Å²) >= 11 is 6.34. The van der Waals surface area contributed by atoms with Crippen LogP contribution in [0.15, 0.2) is 83.4 Å². The van der Waals surface area contributed by atoms with Crippen molar-refractivity contribution in [3.05, 3.63) is 101 Å². The molecule has 2 heterocycles. The number of furan rings is 1. The van der Waals surface area contributed by atoms with Crippen LogP contribution in [0.3, 0.4) is 0 Å². The zero-order valence-corrected chi connectivity index (χ0v) is 21.2. The van der Waals surface area contributed by atoms with Crippen LogP contribution in [0.5, 0.6) is 5.75 Å². The first-order valence-corrected chi connectivity index (χ1v) is 12.7. The van der Waals surface area contributed by atoms with Crippen molar-refractivity contribution in [2.24, 2.45) is 0 Å². The van der Waals surface area contributed by atoms with Gasteiger partial charge in [0.1, 0.15) is 51.6 Å². The molecule has 11 heteroatoms. The predicted octanol–water partition coefficient (Wildman–Crippen LogP) is 6.14. The van der Waals surface area contributed by atoms with E-state index in [-0.39, 0.29) is 28.0 Å². The first kappa shape index (κ1) is 13.1. The van der Waals surface area contributed by atoms with Crippen molar-refractivity contribution in [2.45, 2.75) is 13.1 Å². The van der Waals surface area contributed by atoms with Crippen LogP contribution in [0.25, 0.3) is 22.2 Å². The smallest absolute Gasteiger partial charge is 0.148 e. The molecule has 0 spiro atoms. The summed E-state index contributed by atoms with van der Waals surface area (Å²) in [6.45, 7) is -10.3. The number of anilines is 2. The van der Waals surface area contributed by atoms with Crippen molar-refractivity contribution >= 4 is 43.8 Å². The van der Waals surface area contributed by atoms with Crippen LogP contribution >= 0.6 is 11.6 Å². The van der Waals surface area contributed by atoms with E-state index < -0.39 is 117 Å².